The number of benzene rings is 2. The number of nitrogens with one attached hydrogen (secondary N) is 1. The Balaban J connectivity index is 2.11. The summed E-state index contributed by atoms with van der Waals surface area (Å²) in [4.78, 5) is 0. The molecule has 0 amide bonds. The molecule has 2 rings (SSSR count). The summed E-state index contributed by atoms with van der Waals surface area (Å²) in [7, 11) is 4.97. The van der Waals surface area contributed by atoms with E-state index in [2.05, 4.69) is 36.5 Å². The summed E-state index contributed by atoms with van der Waals surface area (Å²) in [6, 6.07) is 12.8. The van der Waals surface area contributed by atoms with E-state index in [0.29, 0.717) is 6.54 Å². The molecule has 0 radical (unpaired) electrons. The fourth-order valence-electron chi connectivity index (χ4n) is 2.29. The molecule has 1 unspecified atom stereocenters. The number of hydrogen-bond donors (Lipinski definition) is 1. The van der Waals surface area contributed by atoms with E-state index < -0.39 is 0 Å². The van der Waals surface area contributed by atoms with Crippen molar-refractivity contribution in [2.24, 2.45) is 0 Å². The molecular formula is C17H23NO3. The van der Waals surface area contributed by atoms with Crippen LogP contribution in [0, 0.1) is 0 Å². The largest absolute Gasteiger partial charge is 0.497 e. The first-order chi connectivity index (χ1) is 10.2. The first kappa shape index (κ1) is 15.8. The van der Waals surface area contributed by atoms with Gasteiger partial charge in [-0.25, -0.2) is 0 Å². The Morgan fingerprint density at radius 2 is 1.62 bits per heavy atom. The van der Waals surface area contributed by atoms with Crippen molar-refractivity contribution in [3.8, 4) is 5.75 Å². The van der Waals surface area contributed by atoms with Gasteiger partial charge in [-0.2, -0.15) is 0 Å². The van der Waals surface area contributed by atoms with E-state index in [1.54, 1.807) is 21.3 Å². The smallest absolute Gasteiger partial charge is 0.169 e. The SMILES string of the molecule is COc1ccc2cc(C(C)NCC(OC)OC)ccc2c1. The average Bonchev–Trinajstić information content (AvgIpc) is 2.54. The first-order valence-corrected chi connectivity index (χ1v) is 7.04. The van der Waals surface area contributed by atoms with Gasteiger partial charge in [0.05, 0.1) is 7.11 Å². The Bertz CT molecular complexity index is 581. The highest BCUT2D eigenvalue weighted by molar-refractivity contribution is 5.84. The van der Waals surface area contributed by atoms with Crippen molar-refractivity contribution < 1.29 is 14.2 Å². The Morgan fingerprint density at radius 3 is 2.29 bits per heavy atom. The second-order valence-electron chi connectivity index (χ2n) is 5.00. The number of rotatable bonds is 7. The van der Waals surface area contributed by atoms with Crippen LogP contribution < -0.4 is 10.1 Å². The van der Waals surface area contributed by atoms with Crippen molar-refractivity contribution in [1.29, 1.82) is 0 Å². The summed E-state index contributed by atoms with van der Waals surface area (Å²) < 4.78 is 15.6. The standard InChI is InChI=1S/C17H23NO3/c1-12(18-11-17(20-3)21-4)13-5-6-15-10-16(19-2)8-7-14(15)9-13/h5-10,12,17-18H,11H2,1-4H3. The third-order valence-electron chi connectivity index (χ3n) is 3.69. The Morgan fingerprint density at radius 1 is 0.952 bits per heavy atom. The van der Waals surface area contributed by atoms with Crippen LogP contribution in [-0.2, 0) is 9.47 Å². The zero-order valence-electron chi connectivity index (χ0n) is 13.1. The predicted octanol–water partition coefficient (Wildman–Crippen LogP) is 3.12. The maximum Gasteiger partial charge on any atom is 0.169 e. The molecule has 1 N–H and O–H groups in total. The van der Waals surface area contributed by atoms with Gasteiger partial charge in [0.25, 0.3) is 0 Å². The van der Waals surface area contributed by atoms with Crippen LogP contribution >= 0.6 is 0 Å². The van der Waals surface area contributed by atoms with Crippen molar-refractivity contribution in [3.63, 3.8) is 0 Å². The van der Waals surface area contributed by atoms with Crippen molar-refractivity contribution in [3.05, 3.63) is 42.0 Å². The maximum atomic E-state index is 5.25. The number of ether oxygens (including phenoxy) is 3. The number of methoxy groups -OCH3 is 3. The molecule has 2 aromatic rings. The van der Waals surface area contributed by atoms with Crippen molar-refractivity contribution in [1.82, 2.24) is 5.32 Å². The van der Waals surface area contributed by atoms with Gasteiger partial charge in [-0.1, -0.05) is 18.2 Å². The zero-order chi connectivity index (χ0) is 15.2. The third kappa shape index (κ3) is 3.94. The van der Waals surface area contributed by atoms with Gasteiger partial charge < -0.3 is 19.5 Å². The monoisotopic (exact) mass is 289 g/mol. The predicted molar refractivity (Wildman–Crippen MR) is 84.7 cm³/mol. The first-order valence-electron chi connectivity index (χ1n) is 7.04. The molecule has 0 spiro atoms. The van der Waals surface area contributed by atoms with Crippen molar-refractivity contribution in [2.45, 2.75) is 19.3 Å². The molecule has 0 heterocycles. The molecule has 0 saturated carbocycles. The van der Waals surface area contributed by atoms with E-state index in [-0.39, 0.29) is 12.3 Å². The summed E-state index contributed by atoms with van der Waals surface area (Å²) in [5.74, 6) is 0.879. The topological polar surface area (TPSA) is 39.7 Å². The molecule has 0 aliphatic heterocycles. The van der Waals surface area contributed by atoms with Gasteiger partial charge in [-0.05, 0) is 41.5 Å². The van der Waals surface area contributed by atoms with Crippen LogP contribution in [0.1, 0.15) is 18.5 Å². The Hall–Kier alpha value is -1.62. The lowest BCUT2D eigenvalue weighted by Crippen LogP contribution is -2.31. The highest BCUT2D eigenvalue weighted by atomic mass is 16.7. The summed E-state index contributed by atoms with van der Waals surface area (Å²) >= 11 is 0. The van der Waals surface area contributed by atoms with E-state index in [1.807, 2.05) is 12.1 Å². The Kier molecular flexibility index (Phi) is 5.56. The molecule has 0 aromatic heterocycles. The molecule has 0 saturated heterocycles. The van der Waals surface area contributed by atoms with Gasteiger partial charge in [0.1, 0.15) is 5.75 Å². The third-order valence-corrected chi connectivity index (χ3v) is 3.69. The normalized spacial score (nSPS) is 12.8. The molecule has 0 fully saturated rings. The highest BCUT2D eigenvalue weighted by Gasteiger charge is 2.10. The molecule has 114 valence electrons. The summed E-state index contributed by atoms with van der Waals surface area (Å²) in [5.41, 5.74) is 1.23. The molecule has 4 nitrogen and oxygen atoms in total. The lowest BCUT2D eigenvalue weighted by Gasteiger charge is -2.19. The summed E-state index contributed by atoms with van der Waals surface area (Å²) in [5, 5.41) is 5.80. The fraction of sp³-hybridized carbons (Fsp3) is 0.412. The van der Waals surface area contributed by atoms with Gasteiger partial charge in [0, 0.05) is 26.8 Å². The molecule has 1 atom stereocenters. The number of hydrogen-bond acceptors (Lipinski definition) is 4. The number of fused-ring (bicyclic) bond motifs is 1. The van der Waals surface area contributed by atoms with Gasteiger partial charge in [-0.3, -0.25) is 0 Å². The van der Waals surface area contributed by atoms with Crippen molar-refractivity contribution >= 4 is 10.8 Å². The molecule has 0 bridgehead atoms. The van der Waals surface area contributed by atoms with Crippen LogP contribution in [0.3, 0.4) is 0 Å². The van der Waals surface area contributed by atoms with Gasteiger partial charge in [-0.15, -0.1) is 0 Å². The quantitative estimate of drug-likeness (QED) is 0.795. The lowest BCUT2D eigenvalue weighted by molar-refractivity contribution is -0.0997. The van der Waals surface area contributed by atoms with Crippen molar-refractivity contribution in [2.75, 3.05) is 27.9 Å². The molecule has 0 aliphatic carbocycles. The van der Waals surface area contributed by atoms with E-state index >= 15 is 0 Å². The summed E-state index contributed by atoms with van der Waals surface area (Å²) in [6.45, 7) is 2.78. The minimum absolute atomic E-state index is 0.225. The summed E-state index contributed by atoms with van der Waals surface area (Å²) in [6.07, 6.45) is -0.225. The van der Waals surface area contributed by atoms with Crippen LogP contribution in [0.2, 0.25) is 0 Å². The Labute approximate surface area is 126 Å². The average molecular weight is 289 g/mol. The molecular weight excluding hydrogens is 266 g/mol. The molecule has 21 heavy (non-hydrogen) atoms. The fourth-order valence-corrected chi connectivity index (χ4v) is 2.29. The minimum atomic E-state index is -0.225. The van der Waals surface area contributed by atoms with Crippen LogP contribution in [0.5, 0.6) is 5.75 Å². The van der Waals surface area contributed by atoms with E-state index in [4.69, 9.17) is 14.2 Å². The second kappa shape index (κ2) is 7.41. The van der Waals surface area contributed by atoms with Crippen LogP contribution in [0.4, 0.5) is 0 Å². The molecule has 0 aliphatic rings. The van der Waals surface area contributed by atoms with Gasteiger partial charge in [0.15, 0.2) is 6.29 Å². The van der Waals surface area contributed by atoms with Crippen LogP contribution in [-0.4, -0.2) is 34.2 Å². The highest BCUT2D eigenvalue weighted by Crippen LogP contribution is 2.24. The minimum Gasteiger partial charge on any atom is -0.497 e. The lowest BCUT2D eigenvalue weighted by atomic mass is 10.0. The molecule has 4 heteroatoms. The van der Waals surface area contributed by atoms with E-state index in [1.165, 1.54) is 16.3 Å². The van der Waals surface area contributed by atoms with E-state index in [0.717, 1.165) is 5.75 Å². The second-order valence-corrected chi connectivity index (χ2v) is 5.00. The van der Waals surface area contributed by atoms with Crippen LogP contribution in [0.25, 0.3) is 10.8 Å². The molecule has 2 aromatic carbocycles. The zero-order valence-corrected chi connectivity index (χ0v) is 13.1. The van der Waals surface area contributed by atoms with Gasteiger partial charge in [0.2, 0.25) is 0 Å². The van der Waals surface area contributed by atoms with Gasteiger partial charge >= 0.3 is 0 Å². The van der Waals surface area contributed by atoms with E-state index in [9.17, 15) is 0 Å². The van der Waals surface area contributed by atoms with Crippen LogP contribution in [0.15, 0.2) is 36.4 Å². The maximum absolute atomic E-state index is 5.25.